The summed E-state index contributed by atoms with van der Waals surface area (Å²) in [6.07, 6.45) is 5.41. The van der Waals surface area contributed by atoms with E-state index in [9.17, 15) is 14.4 Å². The standard InChI is InChI=1S/C18H22N2O3S/c1-9-6-12-14(17(23)19-8-10-2-3-10)18(20-16(22)11-4-5-11)24-15(12)13(21)7-9/h9-11H,2-8H2,1H3,(H,19,23)(H,20,22). The van der Waals surface area contributed by atoms with Crippen LogP contribution in [0.5, 0.6) is 0 Å². The minimum absolute atomic E-state index is 0.0228. The van der Waals surface area contributed by atoms with Gasteiger partial charge in [0, 0.05) is 18.9 Å². The molecular weight excluding hydrogens is 324 g/mol. The molecule has 0 aliphatic heterocycles. The molecule has 1 aromatic rings. The Kier molecular flexibility index (Phi) is 3.95. The van der Waals surface area contributed by atoms with Crippen molar-refractivity contribution in [1.82, 2.24) is 5.32 Å². The third-order valence-electron chi connectivity index (χ3n) is 5.01. The molecule has 2 N–H and O–H groups in total. The number of hydrogen-bond donors (Lipinski definition) is 2. The average Bonchev–Trinajstić information content (AvgIpc) is 3.42. The van der Waals surface area contributed by atoms with E-state index >= 15 is 0 Å². The number of Topliss-reactive ketones (excluding diaryl/α,β-unsaturated/α-hetero) is 1. The Balaban J connectivity index is 1.65. The van der Waals surface area contributed by atoms with Crippen LogP contribution in [0.4, 0.5) is 5.00 Å². The van der Waals surface area contributed by atoms with Gasteiger partial charge in [-0.2, -0.15) is 0 Å². The molecule has 2 saturated carbocycles. The third kappa shape index (κ3) is 3.11. The van der Waals surface area contributed by atoms with Crippen LogP contribution in [0.1, 0.15) is 64.6 Å². The molecule has 5 nitrogen and oxygen atoms in total. The van der Waals surface area contributed by atoms with Crippen LogP contribution < -0.4 is 10.6 Å². The molecule has 0 aromatic carbocycles. The normalized spacial score (nSPS) is 22.9. The van der Waals surface area contributed by atoms with Crippen LogP contribution in [0.15, 0.2) is 0 Å². The van der Waals surface area contributed by atoms with Gasteiger partial charge in [-0.1, -0.05) is 6.92 Å². The van der Waals surface area contributed by atoms with Gasteiger partial charge in [-0.3, -0.25) is 14.4 Å². The summed E-state index contributed by atoms with van der Waals surface area (Å²) < 4.78 is 0. The maximum absolute atomic E-state index is 12.7. The first kappa shape index (κ1) is 15.8. The number of ketones is 1. The third-order valence-corrected chi connectivity index (χ3v) is 6.20. The molecule has 0 saturated heterocycles. The van der Waals surface area contributed by atoms with Gasteiger partial charge in [-0.05, 0) is 49.5 Å². The minimum atomic E-state index is -0.146. The van der Waals surface area contributed by atoms with Crippen LogP contribution in [0, 0.1) is 17.8 Å². The highest BCUT2D eigenvalue weighted by molar-refractivity contribution is 7.18. The maximum Gasteiger partial charge on any atom is 0.254 e. The van der Waals surface area contributed by atoms with Crippen molar-refractivity contribution < 1.29 is 14.4 Å². The molecule has 2 fully saturated rings. The topological polar surface area (TPSA) is 75.3 Å². The zero-order valence-electron chi connectivity index (χ0n) is 13.8. The molecule has 0 bridgehead atoms. The maximum atomic E-state index is 12.7. The molecule has 3 aliphatic rings. The second-order valence-corrected chi connectivity index (χ2v) is 8.49. The summed E-state index contributed by atoms with van der Waals surface area (Å²) in [5, 5.41) is 6.47. The van der Waals surface area contributed by atoms with Crippen LogP contribution in [0.25, 0.3) is 0 Å². The zero-order valence-corrected chi connectivity index (χ0v) is 14.6. The van der Waals surface area contributed by atoms with E-state index in [1.165, 1.54) is 24.2 Å². The summed E-state index contributed by atoms with van der Waals surface area (Å²) in [5.41, 5.74) is 1.37. The van der Waals surface area contributed by atoms with Gasteiger partial charge in [0.25, 0.3) is 5.91 Å². The van der Waals surface area contributed by atoms with Crippen molar-refractivity contribution in [3.8, 4) is 0 Å². The van der Waals surface area contributed by atoms with Gasteiger partial charge in [0.2, 0.25) is 5.91 Å². The fourth-order valence-corrected chi connectivity index (χ4v) is 4.43. The molecule has 1 unspecified atom stereocenters. The first-order chi connectivity index (χ1) is 11.5. The lowest BCUT2D eigenvalue weighted by atomic mass is 9.87. The smallest absolute Gasteiger partial charge is 0.254 e. The Morgan fingerprint density at radius 1 is 1.17 bits per heavy atom. The van der Waals surface area contributed by atoms with Gasteiger partial charge in [0.15, 0.2) is 5.78 Å². The van der Waals surface area contributed by atoms with Crippen LogP contribution in [-0.4, -0.2) is 24.1 Å². The van der Waals surface area contributed by atoms with Crippen LogP contribution in [0.3, 0.4) is 0 Å². The quantitative estimate of drug-likeness (QED) is 0.860. The molecule has 128 valence electrons. The Hall–Kier alpha value is -1.69. The highest BCUT2D eigenvalue weighted by Crippen LogP contribution is 2.41. The molecule has 2 amide bonds. The molecule has 3 aliphatic carbocycles. The van der Waals surface area contributed by atoms with E-state index in [0.717, 1.165) is 24.8 Å². The molecule has 1 heterocycles. The first-order valence-electron chi connectivity index (χ1n) is 8.81. The van der Waals surface area contributed by atoms with Gasteiger partial charge >= 0.3 is 0 Å². The Morgan fingerprint density at radius 3 is 2.58 bits per heavy atom. The van der Waals surface area contributed by atoms with Crippen molar-refractivity contribution in [2.24, 2.45) is 17.8 Å². The summed E-state index contributed by atoms with van der Waals surface area (Å²) in [6.45, 7) is 2.72. The number of carbonyl (C=O) groups excluding carboxylic acids is 3. The summed E-state index contributed by atoms with van der Waals surface area (Å²) in [4.78, 5) is 37.9. The van der Waals surface area contributed by atoms with Gasteiger partial charge < -0.3 is 10.6 Å². The minimum Gasteiger partial charge on any atom is -0.352 e. The van der Waals surface area contributed by atoms with Gasteiger partial charge in [-0.25, -0.2) is 0 Å². The van der Waals surface area contributed by atoms with E-state index in [0.29, 0.717) is 34.3 Å². The second-order valence-electron chi connectivity index (χ2n) is 7.47. The van der Waals surface area contributed by atoms with Crippen molar-refractivity contribution >= 4 is 33.9 Å². The van der Waals surface area contributed by atoms with Crippen LogP contribution >= 0.6 is 11.3 Å². The molecule has 4 rings (SSSR count). The molecular formula is C18H22N2O3S. The number of carbonyl (C=O) groups is 3. The van der Waals surface area contributed by atoms with Crippen LogP contribution in [0.2, 0.25) is 0 Å². The van der Waals surface area contributed by atoms with Crippen molar-refractivity contribution in [3.05, 3.63) is 16.0 Å². The summed E-state index contributed by atoms with van der Waals surface area (Å²) in [6, 6.07) is 0. The number of thiophene rings is 1. The van der Waals surface area contributed by atoms with E-state index in [1.54, 1.807) is 0 Å². The van der Waals surface area contributed by atoms with Gasteiger partial charge in [0.1, 0.15) is 5.00 Å². The van der Waals surface area contributed by atoms with Crippen molar-refractivity contribution in [2.45, 2.75) is 45.4 Å². The summed E-state index contributed by atoms with van der Waals surface area (Å²) in [5.74, 6) is 0.825. The Bertz CT molecular complexity index is 716. The van der Waals surface area contributed by atoms with E-state index < -0.39 is 0 Å². The number of amides is 2. The number of rotatable bonds is 5. The highest BCUT2D eigenvalue weighted by Gasteiger charge is 2.35. The largest absolute Gasteiger partial charge is 0.352 e. The second kappa shape index (κ2) is 5.99. The fraction of sp³-hybridized carbons (Fsp3) is 0.611. The highest BCUT2D eigenvalue weighted by atomic mass is 32.1. The Morgan fingerprint density at radius 2 is 1.92 bits per heavy atom. The van der Waals surface area contributed by atoms with Crippen molar-refractivity contribution in [3.63, 3.8) is 0 Å². The lowest BCUT2D eigenvalue weighted by molar-refractivity contribution is -0.117. The first-order valence-corrected chi connectivity index (χ1v) is 9.62. The number of fused-ring (bicyclic) bond motifs is 1. The fourth-order valence-electron chi connectivity index (χ4n) is 3.25. The number of hydrogen-bond acceptors (Lipinski definition) is 4. The lowest BCUT2D eigenvalue weighted by Gasteiger charge is -2.18. The number of nitrogens with one attached hydrogen (secondary N) is 2. The molecule has 0 radical (unpaired) electrons. The molecule has 24 heavy (non-hydrogen) atoms. The monoisotopic (exact) mass is 346 g/mol. The predicted octanol–water partition coefficient (Wildman–Crippen LogP) is 3.00. The van der Waals surface area contributed by atoms with Crippen molar-refractivity contribution in [1.29, 1.82) is 0 Å². The zero-order chi connectivity index (χ0) is 16.8. The molecule has 6 heteroatoms. The Labute approximate surface area is 145 Å². The lowest BCUT2D eigenvalue weighted by Crippen LogP contribution is -2.28. The van der Waals surface area contributed by atoms with E-state index in [-0.39, 0.29) is 29.4 Å². The van der Waals surface area contributed by atoms with Crippen LogP contribution in [-0.2, 0) is 11.2 Å². The van der Waals surface area contributed by atoms with Gasteiger partial charge in [-0.15, -0.1) is 11.3 Å². The SMILES string of the molecule is CC1CC(=O)c2sc(NC(=O)C3CC3)c(C(=O)NCC3CC3)c2C1. The summed E-state index contributed by atoms with van der Waals surface area (Å²) >= 11 is 1.28. The van der Waals surface area contributed by atoms with Gasteiger partial charge in [0.05, 0.1) is 10.4 Å². The average molecular weight is 346 g/mol. The number of anilines is 1. The molecule has 0 spiro atoms. The summed E-state index contributed by atoms with van der Waals surface area (Å²) in [7, 11) is 0. The van der Waals surface area contributed by atoms with E-state index in [2.05, 4.69) is 10.6 Å². The van der Waals surface area contributed by atoms with E-state index in [1.807, 2.05) is 6.92 Å². The predicted molar refractivity (Wildman–Crippen MR) is 92.5 cm³/mol. The van der Waals surface area contributed by atoms with E-state index in [4.69, 9.17) is 0 Å². The molecule has 1 atom stereocenters. The van der Waals surface area contributed by atoms with Crippen molar-refractivity contribution in [2.75, 3.05) is 11.9 Å². The molecule has 1 aromatic heterocycles.